The minimum absolute atomic E-state index is 0.00909. The fourth-order valence-electron chi connectivity index (χ4n) is 2.62. The van der Waals surface area contributed by atoms with Crippen molar-refractivity contribution < 1.29 is 22.7 Å². The first-order chi connectivity index (χ1) is 10.9. The molecule has 126 valence electrons. The molecule has 0 radical (unpaired) electrons. The number of hydrogen-bond donors (Lipinski definition) is 1. The summed E-state index contributed by atoms with van der Waals surface area (Å²) < 4.78 is 37.0. The van der Waals surface area contributed by atoms with Gasteiger partial charge in [0.1, 0.15) is 5.82 Å². The second kappa shape index (κ2) is 7.59. The van der Waals surface area contributed by atoms with Crippen molar-refractivity contribution >= 4 is 22.0 Å². The minimum atomic E-state index is -3.22. The summed E-state index contributed by atoms with van der Waals surface area (Å²) in [4.78, 5) is 12.1. The predicted octanol–water partition coefficient (Wildman–Crippen LogP) is 2.64. The van der Waals surface area contributed by atoms with E-state index in [1.807, 2.05) is 0 Å². The van der Waals surface area contributed by atoms with E-state index in [4.69, 9.17) is 5.11 Å². The van der Waals surface area contributed by atoms with Crippen LogP contribution in [0.4, 0.5) is 9.18 Å². The van der Waals surface area contributed by atoms with Crippen molar-refractivity contribution in [1.82, 2.24) is 4.90 Å². The number of nitrogens with zero attached hydrogens (tertiary/aromatic N) is 1. The van der Waals surface area contributed by atoms with Crippen LogP contribution in [0.15, 0.2) is 30.3 Å². The van der Waals surface area contributed by atoms with Crippen LogP contribution in [0, 0.1) is 11.7 Å². The summed E-state index contributed by atoms with van der Waals surface area (Å²) in [5.74, 6) is -0.310. The van der Waals surface area contributed by atoms with Crippen LogP contribution in [0.3, 0.4) is 0 Å². The fraction of sp³-hybridized carbons (Fsp3) is 0.438. The lowest BCUT2D eigenvalue weighted by Crippen LogP contribution is -2.39. The molecule has 1 fully saturated rings. The van der Waals surface area contributed by atoms with E-state index >= 15 is 0 Å². The van der Waals surface area contributed by atoms with E-state index in [0.717, 1.165) is 5.56 Å². The second-order valence-electron chi connectivity index (χ2n) is 5.74. The van der Waals surface area contributed by atoms with Crippen molar-refractivity contribution in [3.63, 3.8) is 0 Å². The lowest BCUT2D eigenvalue weighted by atomic mass is 9.99. The van der Waals surface area contributed by atoms with Crippen LogP contribution in [-0.2, 0) is 9.84 Å². The topological polar surface area (TPSA) is 74.7 Å². The van der Waals surface area contributed by atoms with Crippen molar-refractivity contribution in [2.45, 2.75) is 12.8 Å². The van der Waals surface area contributed by atoms with Crippen molar-refractivity contribution in [3.8, 4) is 0 Å². The molecule has 1 aliphatic heterocycles. The standard InChI is InChI=1S/C16H20FNO4S/c17-15-5-3-13(4-6-15)2-1-11-23(21,22)12-14-7-9-18(10-8-14)16(19)20/h1-6,14H,7-12H2,(H,19,20). The quantitative estimate of drug-likeness (QED) is 0.893. The Labute approximate surface area is 135 Å². The molecule has 0 bridgehead atoms. The SMILES string of the molecule is O=C(O)N1CCC(CS(=O)(=O)CC=Cc2ccc(F)cc2)CC1. The maximum Gasteiger partial charge on any atom is 0.407 e. The Balaban J connectivity index is 1.83. The third-order valence-corrected chi connectivity index (χ3v) is 5.58. The Morgan fingerprint density at radius 2 is 1.87 bits per heavy atom. The van der Waals surface area contributed by atoms with Gasteiger partial charge in [-0.15, -0.1) is 0 Å². The van der Waals surface area contributed by atoms with E-state index in [2.05, 4.69) is 0 Å². The average molecular weight is 341 g/mol. The molecule has 1 aliphatic rings. The summed E-state index contributed by atoms with van der Waals surface area (Å²) in [6.45, 7) is 0.780. The maximum absolute atomic E-state index is 12.8. The number of halogens is 1. The molecule has 0 aliphatic carbocycles. The number of benzene rings is 1. The highest BCUT2D eigenvalue weighted by atomic mass is 32.2. The highest BCUT2D eigenvalue weighted by Crippen LogP contribution is 2.19. The Morgan fingerprint density at radius 1 is 1.26 bits per heavy atom. The molecular weight excluding hydrogens is 321 g/mol. The van der Waals surface area contributed by atoms with Crippen LogP contribution in [-0.4, -0.2) is 49.1 Å². The molecule has 0 saturated carbocycles. The van der Waals surface area contributed by atoms with E-state index < -0.39 is 15.9 Å². The summed E-state index contributed by atoms with van der Waals surface area (Å²) in [7, 11) is -3.22. The summed E-state index contributed by atoms with van der Waals surface area (Å²) in [6, 6.07) is 5.81. The lowest BCUT2D eigenvalue weighted by molar-refractivity contribution is 0.127. The van der Waals surface area contributed by atoms with Gasteiger partial charge < -0.3 is 10.0 Å². The van der Waals surface area contributed by atoms with Gasteiger partial charge in [0, 0.05) is 13.1 Å². The second-order valence-corrected chi connectivity index (χ2v) is 7.90. The van der Waals surface area contributed by atoms with Crippen molar-refractivity contribution in [2.24, 2.45) is 5.92 Å². The molecule has 5 nitrogen and oxygen atoms in total. The summed E-state index contributed by atoms with van der Waals surface area (Å²) in [6.07, 6.45) is 3.42. The van der Waals surface area contributed by atoms with Gasteiger partial charge in [-0.2, -0.15) is 0 Å². The zero-order valence-corrected chi connectivity index (χ0v) is 13.5. The Bertz CT molecular complexity index is 662. The molecule has 1 amide bonds. The van der Waals surface area contributed by atoms with Crippen LogP contribution in [0.1, 0.15) is 18.4 Å². The normalized spacial score (nSPS) is 16.8. The summed E-state index contributed by atoms with van der Waals surface area (Å²) >= 11 is 0. The van der Waals surface area contributed by atoms with Gasteiger partial charge in [0.05, 0.1) is 11.5 Å². The van der Waals surface area contributed by atoms with Crippen LogP contribution in [0.2, 0.25) is 0 Å². The van der Waals surface area contributed by atoms with Gasteiger partial charge in [-0.05, 0) is 36.5 Å². The van der Waals surface area contributed by atoms with Crippen LogP contribution in [0.25, 0.3) is 6.08 Å². The van der Waals surface area contributed by atoms with Crippen molar-refractivity contribution in [2.75, 3.05) is 24.6 Å². The Hall–Kier alpha value is -1.89. The molecular formula is C16H20FNO4S. The predicted molar refractivity (Wildman–Crippen MR) is 86.4 cm³/mol. The first-order valence-electron chi connectivity index (χ1n) is 7.46. The van der Waals surface area contributed by atoms with Crippen molar-refractivity contribution in [1.29, 1.82) is 0 Å². The van der Waals surface area contributed by atoms with E-state index in [9.17, 15) is 17.6 Å². The molecule has 1 heterocycles. The minimum Gasteiger partial charge on any atom is -0.465 e. The first-order valence-corrected chi connectivity index (χ1v) is 9.28. The number of carbonyl (C=O) groups is 1. The van der Waals surface area contributed by atoms with Gasteiger partial charge in [0.25, 0.3) is 0 Å². The monoisotopic (exact) mass is 341 g/mol. The Morgan fingerprint density at radius 3 is 2.43 bits per heavy atom. The van der Waals surface area contributed by atoms with Gasteiger partial charge in [0.2, 0.25) is 0 Å². The van der Waals surface area contributed by atoms with Gasteiger partial charge in [0.15, 0.2) is 9.84 Å². The molecule has 1 aromatic rings. The molecule has 2 rings (SSSR count). The molecule has 0 unspecified atom stereocenters. The summed E-state index contributed by atoms with van der Waals surface area (Å²) in [5.41, 5.74) is 0.747. The molecule has 0 spiro atoms. The lowest BCUT2D eigenvalue weighted by Gasteiger charge is -2.29. The van der Waals surface area contributed by atoms with Crippen molar-refractivity contribution in [3.05, 3.63) is 41.7 Å². The number of likely N-dealkylation sites (tertiary alicyclic amines) is 1. The maximum atomic E-state index is 12.8. The van der Waals surface area contributed by atoms with Crippen LogP contribution < -0.4 is 0 Å². The number of amides is 1. The zero-order chi connectivity index (χ0) is 16.9. The van der Waals surface area contributed by atoms with E-state index in [1.54, 1.807) is 24.3 Å². The molecule has 0 aromatic heterocycles. The third kappa shape index (κ3) is 5.67. The molecule has 1 aromatic carbocycles. The third-order valence-electron chi connectivity index (χ3n) is 3.91. The number of carboxylic acid groups (broad SMARTS) is 1. The molecule has 0 atom stereocenters. The van der Waals surface area contributed by atoms with Gasteiger partial charge in [-0.3, -0.25) is 0 Å². The largest absolute Gasteiger partial charge is 0.465 e. The number of rotatable bonds is 5. The molecule has 1 N–H and O–H groups in total. The molecule has 23 heavy (non-hydrogen) atoms. The fourth-order valence-corrected chi connectivity index (χ4v) is 4.20. The Kier molecular flexibility index (Phi) is 5.76. The van der Waals surface area contributed by atoms with Gasteiger partial charge in [-0.1, -0.05) is 24.3 Å². The number of piperidine rings is 1. The average Bonchev–Trinajstić information content (AvgIpc) is 2.49. The number of sulfone groups is 1. The van der Waals surface area contributed by atoms with E-state index in [1.165, 1.54) is 17.0 Å². The van der Waals surface area contributed by atoms with Crippen LogP contribution >= 0.6 is 0 Å². The molecule has 7 heteroatoms. The van der Waals surface area contributed by atoms with E-state index in [-0.39, 0.29) is 23.2 Å². The highest BCUT2D eigenvalue weighted by molar-refractivity contribution is 7.91. The zero-order valence-electron chi connectivity index (χ0n) is 12.7. The van der Waals surface area contributed by atoms with Crippen LogP contribution in [0.5, 0.6) is 0 Å². The van der Waals surface area contributed by atoms with Gasteiger partial charge >= 0.3 is 6.09 Å². The summed E-state index contributed by atoms with van der Waals surface area (Å²) in [5, 5.41) is 8.87. The first kappa shape index (κ1) is 17.5. The van der Waals surface area contributed by atoms with Gasteiger partial charge in [-0.25, -0.2) is 17.6 Å². The smallest absolute Gasteiger partial charge is 0.407 e. The molecule has 1 saturated heterocycles. The number of hydrogen-bond acceptors (Lipinski definition) is 3. The highest BCUT2D eigenvalue weighted by Gasteiger charge is 2.25. The van der Waals surface area contributed by atoms with E-state index in [0.29, 0.717) is 25.9 Å².